The molecule has 4 rings (SSSR count). The number of carbonyl (C=O) groups excluding carboxylic acids is 1. The van der Waals surface area contributed by atoms with Crippen LogP contribution in [0, 0.1) is 5.92 Å². The number of aliphatic carboxylic acids is 1. The molecule has 32 heavy (non-hydrogen) atoms. The predicted octanol–water partition coefficient (Wildman–Crippen LogP) is 6.01. The van der Waals surface area contributed by atoms with Gasteiger partial charge in [-0.3, -0.25) is 4.79 Å². The van der Waals surface area contributed by atoms with Gasteiger partial charge in [0.15, 0.2) is 9.89 Å². The Bertz CT molecular complexity index is 1060. The van der Waals surface area contributed by atoms with Gasteiger partial charge in [-0.05, 0) is 48.5 Å². The van der Waals surface area contributed by atoms with Gasteiger partial charge in [-0.15, -0.1) is 0 Å². The highest BCUT2D eigenvalue weighted by molar-refractivity contribution is 9.25. The number of ether oxygens (including phenoxy) is 3. The number of hydrogen-bond acceptors (Lipinski definition) is 5. The normalized spacial score (nSPS) is 32.0. The molecule has 2 aliphatic rings. The summed E-state index contributed by atoms with van der Waals surface area (Å²) in [5.41, 5.74) is -2.16. The van der Waals surface area contributed by atoms with E-state index in [1.54, 1.807) is 48.5 Å². The third-order valence-corrected chi connectivity index (χ3v) is 8.95. The molecule has 6 nitrogen and oxygen atoms in total. The molecule has 0 bridgehead atoms. The van der Waals surface area contributed by atoms with Crippen LogP contribution in [0.4, 0.5) is 0 Å². The Morgan fingerprint density at radius 1 is 0.875 bits per heavy atom. The highest BCUT2D eigenvalue weighted by Gasteiger charge is 2.88. The van der Waals surface area contributed by atoms with Crippen LogP contribution in [0.3, 0.4) is 0 Å². The first-order valence-corrected chi connectivity index (χ1v) is 12.5. The second-order valence-corrected chi connectivity index (χ2v) is 14.0. The second-order valence-electron chi connectivity index (χ2n) is 7.18. The molecule has 0 radical (unpaired) electrons. The first kappa shape index (κ1) is 24.4. The van der Waals surface area contributed by atoms with E-state index in [4.69, 9.17) is 49.0 Å². The summed E-state index contributed by atoms with van der Waals surface area (Å²) in [5, 5.41) is 10.9. The lowest BCUT2D eigenvalue weighted by atomic mass is 10.3. The fraction of sp³-hybridized carbons (Fsp3) is 0.300. The number of halogens is 6. The van der Waals surface area contributed by atoms with Crippen molar-refractivity contribution < 1.29 is 28.9 Å². The van der Waals surface area contributed by atoms with E-state index in [1.165, 1.54) is 0 Å². The van der Waals surface area contributed by atoms with Gasteiger partial charge in [0.2, 0.25) is 0 Å². The summed E-state index contributed by atoms with van der Waals surface area (Å²) in [5.74, 6) is -2.34. The smallest absolute Gasteiger partial charge is 0.355 e. The summed E-state index contributed by atoms with van der Waals surface area (Å²) < 4.78 is 14.3. The summed E-state index contributed by atoms with van der Waals surface area (Å²) in [4.78, 5) is 25.1. The van der Waals surface area contributed by atoms with Crippen LogP contribution in [-0.2, 0) is 14.3 Å². The molecular weight excluding hydrogens is 682 g/mol. The number of rotatable bonds is 7. The average molecular weight is 694 g/mol. The van der Waals surface area contributed by atoms with Gasteiger partial charge < -0.3 is 19.3 Å². The van der Waals surface area contributed by atoms with Gasteiger partial charge in [0.1, 0.15) is 26.8 Å². The molecule has 0 spiro atoms. The van der Waals surface area contributed by atoms with E-state index in [1.807, 2.05) is 0 Å². The number of carboxylic acids is 1. The van der Waals surface area contributed by atoms with Crippen molar-refractivity contribution in [3.05, 3.63) is 58.6 Å². The Balaban J connectivity index is 1.50. The van der Waals surface area contributed by atoms with Gasteiger partial charge in [0.05, 0.1) is 0 Å². The SMILES string of the molecule is O=C(OC1(C(=O)O)C(Oc2ccc(Cl)cc2)C1(Cl)Br)C1C(Oc2ccc(Cl)cc2)C1(Br)Br. The Kier molecular flexibility index (Phi) is 6.49. The first-order chi connectivity index (χ1) is 14.9. The number of alkyl halides is 4. The minimum atomic E-state index is -2.16. The standard InChI is InChI=1S/C20H12Br3Cl3O6/c21-19(22)13(14(19)30-11-5-1-9(24)2-6-11)15(27)32-18(17(28)29)16(20(18,23)26)31-12-7-3-10(25)4-8-12/h1-8,13-14,16H,(H,28,29). The molecule has 2 fully saturated rings. The average Bonchev–Trinajstić information content (AvgIpc) is 3.44. The third-order valence-electron chi connectivity index (χ3n) is 5.08. The molecule has 1 N–H and O–H groups in total. The fourth-order valence-corrected chi connectivity index (χ4v) is 5.86. The Hall–Kier alpha value is -0.710. The van der Waals surface area contributed by atoms with Crippen molar-refractivity contribution in [2.45, 2.75) is 24.8 Å². The molecule has 5 atom stereocenters. The predicted molar refractivity (Wildman–Crippen MR) is 130 cm³/mol. The van der Waals surface area contributed by atoms with Crippen LogP contribution in [0.15, 0.2) is 48.5 Å². The van der Waals surface area contributed by atoms with Gasteiger partial charge in [-0.1, -0.05) is 82.6 Å². The Labute approximate surface area is 222 Å². The topological polar surface area (TPSA) is 82.1 Å². The van der Waals surface area contributed by atoms with E-state index in [2.05, 4.69) is 47.8 Å². The lowest BCUT2D eigenvalue weighted by Gasteiger charge is -2.15. The van der Waals surface area contributed by atoms with Gasteiger partial charge >= 0.3 is 11.9 Å². The summed E-state index contributed by atoms with van der Waals surface area (Å²) in [6, 6.07) is 12.8. The molecule has 0 heterocycles. The highest BCUT2D eigenvalue weighted by Crippen LogP contribution is 2.65. The summed E-state index contributed by atoms with van der Waals surface area (Å²) >= 11 is 28.0. The lowest BCUT2D eigenvalue weighted by Crippen LogP contribution is -2.38. The Morgan fingerprint density at radius 2 is 1.34 bits per heavy atom. The molecule has 170 valence electrons. The zero-order chi connectivity index (χ0) is 23.5. The van der Waals surface area contributed by atoms with Gasteiger partial charge in [-0.2, -0.15) is 0 Å². The van der Waals surface area contributed by atoms with Crippen LogP contribution in [0.2, 0.25) is 10.0 Å². The lowest BCUT2D eigenvalue weighted by molar-refractivity contribution is -0.171. The van der Waals surface area contributed by atoms with Crippen molar-refractivity contribution in [1.82, 2.24) is 0 Å². The molecule has 0 saturated heterocycles. The van der Waals surface area contributed by atoms with Crippen molar-refractivity contribution in [2.75, 3.05) is 0 Å². The second kappa shape index (κ2) is 8.50. The molecule has 5 unspecified atom stereocenters. The van der Waals surface area contributed by atoms with E-state index in [0.29, 0.717) is 21.5 Å². The minimum Gasteiger partial charge on any atom is -0.487 e. The van der Waals surface area contributed by atoms with Gasteiger partial charge in [0, 0.05) is 10.0 Å². The maximum absolute atomic E-state index is 13.0. The molecule has 0 aliphatic heterocycles. The molecule has 2 aromatic rings. The minimum absolute atomic E-state index is 0.314. The zero-order valence-corrected chi connectivity index (χ0v) is 22.6. The number of esters is 1. The van der Waals surface area contributed by atoms with Crippen LogP contribution < -0.4 is 9.47 Å². The third kappa shape index (κ3) is 4.14. The number of hydrogen-bond donors (Lipinski definition) is 1. The van der Waals surface area contributed by atoms with Crippen molar-refractivity contribution >= 4 is 94.5 Å². The number of benzene rings is 2. The van der Waals surface area contributed by atoms with Gasteiger partial charge in [-0.25, -0.2) is 4.79 Å². The van der Waals surface area contributed by atoms with Crippen molar-refractivity contribution in [3.63, 3.8) is 0 Å². The summed E-state index contributed by atoms with van der Waals surface area (Å²) in [6.07, 6.45) is -1.87. The largest absolute Gasteiger partial charge is 0.487 e. The van der Waals surface area contributed by atoms with Crippen LogP contribution in [0.1, 0.15) is 0 Å². The summed E-state index contributed by atoms with van der Waals surface area (Å²) in [6.45, 7) is 0. The van der Waals surface area contributed by atoms with Crippen LogP contribution in [0.5, 0.6) is 11.5 Å². The Morgan fingerprint density at radius 3 is 1.81 bits per heavy atom. The maximum atomic E-state index is 13.0. The fourth-order valence-electron chi connectivity index (χ4n) is 3.19. The van der Waals surface area contributed by atoms with Crippen molar-refractivity contribution in [1.29, 1.82) is 0 Å². The van der Waals surface area contributed by atoms with Crippen molar-refractivity contribution in [3.8, 4) is 11.5 Å². The number of carbonyl (C=O) groups is 2. The van der Waals surface area contributed by atoms with E-state index in [-0.39, 0.29) is 0 Å². The summed E-state index contributed by atoms with van der Waals surface area (Å²) in [7, 11) is 0. The zero-order valence-electron chi connectivity index (χ0n) is 15.6. The van der Waals surface area contributed by atoms with E-state index in [9.17, 15) is 14.7 Å². The monoisotopic (exact) mass is 690 g/mol. The van der Waals surface area contributed by atoms with Gasteiger partial charge in [0.25, 0.3) is 5.60 Å². The van der Waals surface area contributed by atoms with E-state index < -0.39 is 42.7 Å². The maximum Gasteiger partial charge on any atom is 0.355 e. The van der Waals surface area contributed by atoms with E-state index >= 15 is 0 Å². The molecular formula is C20H12Br3Cl3O6. The van der Waals surface area contributed by atoms with Crippen LogP contribution in [0.25, 0.3) is 0 Å². The molecule has 0 amide bonds. The first-order valence-electron chi connectivity index (χ1n) is 8.97. The molecule has 12 heteroatoms. The molecule has 0 aromatic heterocycles. The number of carboxylic acid groups (broad SMARTS) is 1. The van der Waals surface area contributed by atoms with Crippen LogP contribution in [-0.4, -0.2) is 41.9 Å². The molecule has 2 aromatic carbocycles. The quantitative estimate of drug-likeness (QED) is 0.283. The molecule has 2 aliphatic carbocycles. The van der Waals surface area contributed by atoms with Crippen molar-refractivity contribution in [2.24, 2.45) is 5.92 Å². The van der Waals surface area contributed by atoms with Crippen LogP contribution >= 0.6 is 82.6 Å². The molecule has 2 saturated carbocycles. The van der Waals surface area contributed by atoms with E-state index in [0.717, 1.165) is 0 Å². The highest BCUT2D eigenvalue weighted by atomic mass is 79.9.